The Hall–Kier alpha value is -3.52. The molecule has 150 valence electrons. The van der Waals surface area contributed by atoms with Crippen LogP contribution in [0.25, 0.3) is 11.1 Å². The highest BCUT2D eigenvalue weighted by Crippen LogP contribution is 2.36. The first-order valence-corrected chi connectivity index (χ1v) is 10.2. The third-order valence-corrected chi connectivity index (χ3v) is 5.56. The molecule has 0 aromatic heterocycles. The lowest BCUT2D eigenvalue weighted by Crippen LogP contribution is -2.10. The highest BCUT2D eigenvalue weighted by Gasteiger charge is 2.13. The molecule has 2 nitrogen and oxygen atoms in total. The van der Waals surface area contributed by atoms with Crippen molar-refractivity contribution in [2.24, 2.45) is 0 Å². The van der Waals surface area contributed by atoms with E-state index in [9.17, 15) is 0 Å². The van der Waals surface area contributed by atoms with E-state index in [4.69, 9.17) is 4.74 Å². The molecule has 4 aromatic rings. The van der Waals surface area contributed by atoms with Gasteiger partial charge in [0.05, 0.1) is 7.11 Å². The number of rotatable bonds is 5. The third-order valence-electron chi connectivity index (χ3n) is 5.56. The van der Waals surface area contributed by atoms with E-state index in [1.54, 1.807) is 7.11 Å². The van der Waals surface area contributed by atoms with E-state index >= 15 is 0 Å². The Bertz CT molecular complexity index is 1140. The van der Waals surface area contributed by atoms with Gasteiger partial charge in [-0.1, -0.05) is 42.5 Å². The largest absolute Gasteiger partial charge is 0.497 e. The standard InChI is InChI=1S/C28H27NO/c1-20-6-5-7-27(18-20)29(26-14-16-28(30-4)17-15-26)25-12-10-23(11-13-25)24-9-8-21(2)22(3)19-24/h5-19H,1-4H3. The molecule has 0 fully saturated rings. The molecule has 0 unspecified atom stereocenters. The molecule has 0 saturated carbocycles. The van der Waals surface area contributed by atoms with Crippen LogP contribution >= 0.6 is 0 Å². The summed E-state index contributed by atoms with van der Waals surface area (Å²) in [5.74, 6) is 0.855. The van der Waals surface area contributed by atoms with Gasteiger partial charge in [0.15, 0.2) is 0 Å². The topological polar surface area (TPSA) is 12.5 Å². The molecule has 0 aliphatic rings. The van der Waals surface area contributed by atoms with Gasteiger partial charge in [-0.2, -0.15) is 0 Å². The monoisotopic (exact) mass is 393 g/mol. The van der Waals surface area contributed by atoms with Crippen LogP contribution in [0.1, 0.15) is 16.7 Å². The van der Waals surface area contributed by atoms with E-state index in [1.807, 2.05) is 12.1 Å². The second-order valence-electron chi connectivity index (χ2n) is 7.72. The normalized spacial score (nSPS) is 10.7. The van der Waals surface area contributed by atoms with Crippen molar-refractivity contribution in [1.82, 2.24) is 0 Å². The minimum atomic E-state index is 0.855. The summed E-state index contributed by atoms with van der Waals surface area (Å²) in [5, 5.41) is 0. The molecule has 0 radical (unpaired) electrons. The van der Waals surface area contributed by atoms with Crippen LogP contribution in [-0.4, -0.2) is 7.11 Å². The van der Waals surface area contributed by atoms with Gasteiger partial charge in [-0.3, -0.25) is 0 Å². The van der Waals surface area contributed by atoms with E-state index in [2.05, 4.69) is 105 Å². The van der Waals surface area contributed by atoms with Crippen molar-refractivity contribution in [3.8, 4) is 16.9 Å². The highest BCUT2D eigenvalue weighted by molar-refractivity contribution is 5.78. The number of ether oxygens (including phenoxy) is 1. The molecular formula is C28H27NO. The minimum absolute atomic E-state index is 0.855. The summed E-state index contributed by atoms with van der Waals surface area (Å²) in [6, 6.07) is 32.2. The SMILES string of the molecule is COc1ccc(N(c2ccc(-c3ccc(C)c(C)c3)cc2)c2cccc(C)c2)cc1. The van der Waals surface area contributed by atoms with Gasteiger partial charge in [-0.25, -0.2) is 0 Å². The fourth-order valence-corrected chi connectivity index (χ4v) is 3.67. The zero-order valence-corrected chi connectivity index (χ0v) is 18.0. The molecule has 2 heteroatoms. The van der Waals surface area contributed by atoms with Gasteiger partial charge < -0.3 is 9.64 Å². The van der Waals surface area contributed by atoms with Crippen LogP contribution in [0.2, 0.25) is 0 Å². The van der Waals surface area contributed by atoms with Gasteiger partial charge in [0.1, 0.15) is 5.75 Å². The van der Waals surface area contributed by atoms with Crippen LogP contribution in [0.3, 0.4) is 0 Å². The Morgan fingerprint density at radius 3 is 1.80 bits per heavy atom. The summed E-state index contributed by atoms with van der Waals surface area (Å²) < 4.78 is 5.34. The molecule has 0 spiro atoms. The highest BCUT2D eigenvalue weighted by atomic mass is 16.5. The lowest BCUT2D eigenvalue weighted by Gasteiger charge is -2.26. The smallest absolute Gasteiger partial charge is 0.119 e. The second-order valence-corrected chi connectivity index (χ2v) is 7.72. The molecule has 30 heavy (non-hydrogen) atoms. The summed E-state index contributed by atoms with van der Waals surface area (Å²) >= 11 is 0. The van der Waals surface area contributed by atoms with Crippen LogP contribution in [-0.2, 0) is 0 Å². The quantitative estimate of drug-likeness (QED) is 0.343. The van der Waals surface area contributed by atoms with Crippen molar-refractivity contribution in [3.63, 3.8) is 0 Å². The number of hydrogen-bond acceptors (Lipinski definition) is 2. The van der Waals surface area contributed by atoms with E-state index in [0.717, 1.165) is 22.8 Å². The van der Waals surface area contributed by atoms with Gasteiger partial charge in [0.25, 0.3) is 0 Å². The van der Waals surface area contributed by atoms with Crippen molar-refractivity contribution in [1.29, 1.82) is 0 Å². The van der Waals surface area contributed by atoms with Crippen LogP contribution in [0.5, 0.6) is 5.75 Å². The second kappa shape index (κ2) is 8.46. The van der Waals surface area contributed by atoms with Crippen molar-refractivity contribution in [2.75, 3.05) is 12.0 Å². The minimum Gasteiger partial charge on any atom is -0.497 e. The van der Waals surface area contributed by atoms with Crippen molar-refractivity contribution < 1.29 is 4.74 Å². The van der Waals surface area contributed by atoms with Gasteiger partial charge in [-0.15, -0.1) is 0 Å². The van der Waals surface area contributed by atoms with Crippen molar-refractivity contribution >= 4 is 17.1 Å². The van der Waals surface area contributed by atoms with Crippen LogP contribution in [0.15, 0.2) is 91.0 Å². The third kappa shape index (κ3) is 4.08. The Morgan fingerprint density at radius 1 is 0.567 bits per heavy atom. The first-order valence-electron chi connectivity index (χ1n) is 10.2. The zero-order valence-electron chi connectivity index (χ0n) is 18.0. The average molecular weight is 394 g/mol. The molecular weight excluding hydrogens is 366 g/mol. The van der Waals surface area contributed by atoms with Crippen LogP contribution in [0, 0.1) is 20.8 Å². The molecule has 0 bridgehead atoms. The molecule has 0 aliphatic heterocycles. The molecule has 0 atom stereocenters. The molecule has 4 rings (SSSR count). The van der Waals surface area contributed by atoms with Crippen LogP contribution in [0.4, 0.5) is 17.1 Å². The van der Waals surface area contributed by atoms with Gasteiger partial charge >= 0.3 is 0 Å². The number of methoxy groups -OCH3 is 1. The fraction of sp³-hybridized carbons (Fsp3) is 0.143. The lowest BCUT2D eigenvalue weighted by molar-refractivity contribution is 0.415. The molecule has 4 aromatic carbocycles. The summed E-state index contributed by atoms with van der Waals surface area (Å²) in [5.41, 5.74) is 9.70. The first-order chi connectivity index (χ1) is 14.5. The fourth-order valence-electron chi connectivity index (χ4n) is 3.67. The molecule has 0 aliphatic carbocycles. The summed E-state index contributed by atoms with van der Waals surface area (Å²) in [6.45, 7) is 6.44. The lowest BCUT2D eigenvalue weighted by atomic mass is 10.00. The predicted molar refractivity (Wildman–Crippen MR) is 127 cm³/mol. The Kier molecular flexibility index (Phi) is 5.58. The maximum absolute atomic E-state index is 5.34. The van der Waals surface area contributed by atoms with E-state index in [0.29, 0.717) is 0 Å². The Labute approximate surface area is 179 Å². The Morgan fingerprint density at radius 2 is 1.20 bits per heavy atom. The van der Waals surface area contributed by atoms with E-state index in [1.165, 1.54) is 27.8 Å². The van der Waals surface area contributed by atoms with Gasteiger partial charge in [0, 0.05) is 17.1 Å². The van der Waals surface area contributed by atoms with Gasteiger partial charge in [0.2, 0.25) is 0 Å². The maximum Gasteiger partial charge on any atom is 0.119 e. The summed E-state index contributed by atoms with van der Waals surface area (Å²) in [6.07, 6.45) is 0. The summed E-state index contributed by atoms with van der Waals surface area (Å²) in [4.78, 5) is 2.27. The first kappa shape index (κ1) is 19.8. The molecule has 0 amide bonds. The molecule has 0 heterocycles. The molecule has 0 saturated heterocycles. The maximum atomic E-state index is 5.34. The van der Waals surface area contributed by atoms with E-state index in [-0.39, 0.29) is 0 Å². The summed E-state index contributed by atoms with van der Waals surface area (Å²) in [7, 11) is 1.69. The molecule has 0 N–H and O–H groups in total. The van der Waals surface area contributed by atoms with Crippen molar-refractivity contribution in [3.05, 3.63) is 108 Å². The average Bonchev–Trinajstić information content (AvgIpc) is 2.77. The number of hydrogen-bond donors (Lipinski definition) is 0. The van der Waals surface area contributed by atoms with Gasteiger partial charge in [-0.05, 0) is 97.1 Å². The van der Waals surface area contributed by atoms with Crippen LogP contribution < -0.4 is 9.64 Å². The van der Waals surface area contributed by atoms with Crippen molar-refractivity contribution in [2.45, 2.75) is 20.8 Å². The number of anilines is 3. The Balaban J connectivity index is 1.75. The van der Waals surface area contributed by atoms with E-state index < -0.39 is 0 Å². The number of aryl methyl sites for hydroxylation is 3. The predicted octanol–water partition coefficient (Wildman–Crippen LogP) is 7.76. The number of nitrogens with zero attached hydrogens (tertiary/aromatic N) is 1. The zero-order chi connectivity index (χ0) is 21.1. The number of benzene rings is 4.